The van der Waals surface area contributed by atoms with E-state index in [2.05, 4.69) is 20.6 Å². The van der Waals surface area contributed by atoms with Crippen LogP contribution in [0.15, 0.2) is 54.9 Å². The molecule has 256 valence electrons. The summed E-state index contributed by atoms with van der Waals surface area (Å²) >= 11 is 13.9. The molecular formula is C35H36Cl2N6O6. The minimum atomic E-state index is -0.708. The van der Waals surface area contributed by atoms with Crippen LogP contribution in [0, 0.1) is 0 Å². The Balaban J connectivity index is 1.45. The van der Waals surface area contributed by atoms with E-state index < -0.39 is 11.7 Å². The van der Waals surface area contributed by atoms with Crippen molar-refractivity contribution in [3.05, 3.63) is 76.0 Å². The van der Waals surface area contributed by atoms with Crippen molar-refractivity contribution in [2.45, 2.75) is 51.8 Å². The summed E-state index contributed by atoms with van der Waals surface area (Å²) in [6, 6.07) is 12.0. The van der Waals surface area contributed by atoms with E-state index in [1.807, 2.05) is 6.07 Å². The molecular weight excluding hydrogens is 671 g/mol. The van der Waals surface area contributed by atoms with Crippen LogP contribution in [0.3, 0.4) is 0 Å². The molecule has 5 rings (SSSR count). The molecule has 0 unspecified atom stereocenters. The first-order chi connectivity index (χ1) is 23.4. The number of amides is 2. The number of aldehydes is 1. The number of carbonyl (C=O) groups is 3. The van der Waals surface area contributed by atoms with Gasteiger partial charge in [0, 0.05) is 48.1 Å². The normalized spacial score (nSPS) is 14.2. The molecule has 0 aliphatic carbocycles. The second-order valence-corrected chi connectivity index (χ2v) is 13.0. The molecule has 2 N–H and O–H groups in total. The smallest absolute Gasteiger partial charge is 0.410 e. The minimum absolute atomic E-state index is 0.0442. The van der Waals surface area contributed by atoms with E-state index in [0.29, 0.717) is 80.2 Å². The first-order valence-corrected chi connectivity index (χ1v) is 16.2. The molecule has 1 aliphatic rings. The van der Waals surface area contributed by atoms with E-state index >= 15 is 0 Å². The van der Waals surface area contributed by atoms with Gasteiger partial charge in [0.25, 0.3) is 0 Å². The number of benzene rings is 1. The lowest BCUT2D eigenvalue weighted by atomic mass is 10.1. The van der Waals surface area contributed by atoms with Crippen molar-refractivity contribution in [3.8, 4) is 34.1 Å². The Hall–Kier alpha value is -4.94. The predicted molar refractivity (Wildman–Crippen MR) is 187 cm³/mol. The number of nitrogens with zero attached hydrogens (tertiary/aromatic N) is 4. The largest absolute Gasteiger partial charge is 0.492 e. The first-order valence-electron chi connectivity index (χ1n) is 15.4. The van der Waals surface area contributed by atoms with Crippen molar-refractivity contribution in [1.82, 2.24) is 25.2 Å². The molecule has 1 saturated heterocycles. The average Bonchev–Trinajstić information content (AvgIpc) is 3.49. The number of hydrogen-bond acceptors (Lipinski definition) is 10. The lowest BCUT2D eigenvalue weighted by molar-refractivity contribution is -0.119. The minimum Gasteiger partial charge on any atom is -0.492 e. The van der Waals surface area contributed by atoms with Gasteiger partial charge >= 0.3 is 6.09 Å². The Labute approximate surface area is 294 Å². The predicted octanol–water partition coefficient (Wildman–Crippen LogP) is 7.10. The number of methoxy groups -OCH3 is 2. The lowest BCUT2D eigenvalue weighted by Crippen LogP contribution is -2.43. The molecule has 1 aliphatic heterocycles. The molecule has 12 nitrogen and oxygen atoms in total. The molecule has 0 radical (unpaired) electrons. The van der Waals surface area contributed by atoms with Crippen molar-refractivity contribution < 1.29 is 28.6 Å². The van der Waals surface area contributed by atoms with Crippen LogP contribution in [0.4, 0.5) is 16.3 Å². The topological polar surface area (TPSA) is 145 Å². The summed E-state index contributed by atoms with van der Waals surface area (Å²) in [7, 11) is 2.95. The average molecular weight is 708 g/mol. The zero-order valence-electron chi connectivity index (χ0n) is 27.7. The maximum atomic E-state index is 13.2. The molecule has 14 heteroatoms. The van der Waals surface area contributed by atoms with Crippen molar-refractivity contribution in [3.63, 3.8) is 0 Å². The van der Waals surface area contributed by atoms with E-state index in [-0.39, 0.29) is 30.8 Å². The summed E-state index contributed by atoms with van der Waals surface area (Å²) in [6.07, 6.45) is 4.30. The fraction of sp³-hybridized carbons (Fsp3) is 0.314. The van der Waals surface area contributed by atoms with Gasteiger partial charge < -0.3 is 29.7 Å². The Morgan fingerprint density at radius 3 is 2.49 bits per heavy atom. The number of aromatic nitrogens is 3. The van der Waals surface area contributed by atoms with Gasteiger partial charge in [-0.25, -0.2) is 14.8 Å². The summed E-state index contributed by atoms with van der Waals surface area (Å²) < 4.78 is 16.7. The molecule has 4 heterocycles. The van der Waals surface area contributed by atoms with Crippen LogP contribution in [-0.2, 0) is 16.1 Å². The summed E-state index contributed by atoms with van der Waals surface area (Å²) in [5.41, 5.74) is 2.78. The van der Waals surface area contributed by atoms with E-state index in [1.165, 1.54) is 20.4 Å². The second-order valence-electron chi connectivity index (χ2n) is 12.2. The molecule has 3 aromatic heterocycles. The molecule has 0 spiro atoms. The zero-order chi connectivity index (χ0) is 35.3. The van der Waals surface area contributed by atoms with E-state index in [0.717, 1.165) is 0 Å². The second kappa shape index (κ2) is 15.1. The van der Waals surface area contributed by atoms with Crippen LogP contribution in [-0.4, -0.2) is 70.5 Å². The van der Waals surface area contributed by atoms with Crippen molar-refractivity contribution in [2.75, 3.05) is 26.1 Å². The number of hydrogen-bond donors (Lipinski definition) is 2. The maximum absolute atomic E-state index is 13.2. The Bertz CT molecular complexity index is 1880. The third kappa shape index (κ3) is 8.21. The molecule has 49 heavy (non-hydrogen) atoms. The van der Waals surface area contributed by atoms with Crippen LogP contribution in [0.2, 0.25) is 10.0 Å². The fourth-order valence-corrected chi connectivity index (χ4v) is 5.93. The van der Waals surface area contributed by atoms with Gasteiger partial charge in [0.1, 0.15) is 5.60 Å². The standard InChI is InChI=1S/C35H36Cl2N6O6/c1-35(2,3)49-34(46)43(18-22-10-12-27(45)40-22)17-20-9-11-25(42-33(20)48-5)23-14-16-38-30(29(23)37)24-7-6-8-26(28(24)36)41-32-31(47-4)21(19-44)13-15-39-32/h6-9,11,13-16,19,22H,10,12,17-18H2,1-5H3,(H,39,41)(H,40,45)/t22-/m0/s1. The summed E-state index contributed by atoms with van der Waals surface area (Å²) in [5.74, 6) is 0.838. The van der Waals surface area contributed by atoms with Gasteiger partial charge in [-0.3, -0.25) is 14.6 Å². The molecule has 1 atom stereocenters. The van der Waals surface area contributed by atoms with Crippen molar-refractivity contribution in [2.24, 2.45) is 0 Å². The summed E-state index contributed by atoms with van der Waals surface area (Å²) in [4.78, 5) is 51.7. The van der Waals surface area contributed by atoms with Crippen LogP contribution >= 0.6 is 23.2 Å². The van der Waals surface area contributed by atoms with Gasteiger partial charge in [0.2, 0.25) is 11.8 Å². The highest BCUT2D eigenvalue weighted by atomic mass is 35.5. The molecule has 1 aromatic carbocycles. The summed E-state index contributed by atoms with van der Waals surface area (Å²) in [6.45, 7) is 5.80. The third-order valence-electron chi connectivity index (χ3n) is 7.61. The van der Waals surface area contributed by atoms with Gasteiger partial charge in [0.05, 0.1) is 53.4 Å². The molecule has 1 fully saturated rings. The number of ether oxygens (including phenoxy) is 3. The van der Waals surface area contributed by atoms with Gasteiger partial charge in [-0.1, -0.05) is 35.3 Å². The monoisotopic (exact) mass is 706 g/mol. The van der Waals surface area contributed by atoms with Crippen LogP contribution in [0.5, 0.6) is 11.6 Å². The van der Waals surface area contributed by atoms with Crippen molar-refractivity contribution >= 4 is 53.0 Å². The number of pyridine rings is 3. The number of rotatable bonds is 11. The van der Waals surface area contributed by atoms with Crippen LogP contribution in [0.25, 0.3) is 22.5 Å². The Morgan fingerprint density at radius 2 is 1.82 bits per heavy atom. The Morgan fingerprint density at radius 1 is 1.04 bits per heavy atom. The highest BCUT2D eigenvalue weighted by molar-refractivity contribution is 6.39. The highest BCUT2D eigenvalue weighted by Gasteiger charge is 2.29. The molecule has 0 bridgehead atoms. The first kappa shape index (κ1) is 35.4. The summed E-state index contributed by atoms with van der Waals surface area (Å²) in [5, 5.41) is 6.67. The van der Waals surface area contributed by atoms with Gasteiger partial charge in [0.15, 0.2) is 17.9 Å². The quantitative estimate of drug-likeness (QED) is 0.155. The SMILES string of the molecule is COc1nc(-c2ccnc(-c3cccc(Nc4nccc(C=O)c4OC)c3Cl)c2Cl)ccc1CN(C[C@@H]1CCC(=O)N1)C(=O)OC(C)(C)C. The van der Waals surface area contributed by atoms with Crippen LogP contribution in [0.1, 0.15) is 49.5 Å². The van der Waals surface area contributed by atoms with Gasteiger partial charge in [-0.2, -0.15) is 0 Å². The maximum Gasteiger partial charge on any atom is 0.410 e. The van der Waals surface area contributed by atoms with E-state index in [9.17, 15) is 14.4 Å². The Kier molecular flexibility index (Phi) is 10.9. The number of carbonyl (C=O) groups excluding carboxylic acids is 3. The number of halogens is 2. The molecule has 0 saturated carbocycles. The van der Waals surface area contributed by atoms with Gasteiger partial charge in [-0.05, 0) is 57.5 Å². The van der Waals surface area contributed by atoms with Crippen LogP contribution < -0.4 is 20.1 Å². The molecule has 2 amide bonds. The third-order valence-corrected chi connectivity index (χ3v) is 8.40. The van der Waals surface area contributed by atoms with E-state index in [1.54, 1.807) is 68.3 Å². The zero-order valence-corrected chi connectivity index (χ0v) is 29.2. The van der Waals surface area contributed by atoms with E-state index in [4.69, 9.17) is 42.4 Å². The number of nitrogens with one attached hydrogen (secondary N) is 2. The highest BCUT2D eigenvalue weighted by Crippen LogP contribution is 2.41. The fourth-order valence-electron chi connectivity index (χ4n) is 5.36. The molecule has 4 aromatic rings. The lowest BCUT2D eigenvalue weighted by Gasteiger charge is -2.29. The van der Waals surface area contributed by atoms with Crippen molar-refractivity contribution in [1.29, 1.82) is 0 Å². The number of anilines is 2. The van der Waals surface area contributed by atoms with Gasteiger partial charge in [-0.15, -0.1) is 0 Å².